The van der Waals surface area contributed by atoms with Gasteiger partial charge < -0.3 is 5.32 Å². The minimum atomic E-state index is 0.703. The Balaban J connectivity index is 1.86. The summed E-state index contributed by atoms with van der Waals surface area (Å²) in [7, 11) is 0. The summed E-state index contributed by atoms with van der Waals surface area (Å²) in [6, 6.07) is 11.4. The van der Waals surface area contributed by atoms with Gasteiger partial charge in [-0.2, -0.15) is 0 Å². The highest BCUT2D eigenvalue weighted by atomic mass is 14.9. The molecular weight excluding hydrogens is 194 g/mol. The van der Waals surface area contributed by atoms with E-state index in [9.17, 15) is 0 Å². The summed E-state index contributed by atoms with van der Waals surface area (Å²) in [6.45, 7) is 5.68. The molecule has 1 heteroatoms. The molecule has 1 aliphatic rings. The van der Waals surface area contributed by atoms with Crippen LogP contribution >= 0.6 is 0 Å². The summed E-state index contributed by atoms with van der Waals surface area (Å²) in [5, 5.41) is 3.74. The molecule has 0 heterocycles. The molecule has 1 N–H and O–H groups in total. The molecule has 1 aliphatic carbocycles. The number of benzene rings is 1. The van der Waals surface area contributed by atoms with Gasteiger partial charge in [0.05, 0.1) is 0 Å². The highest BCUT2D eigenvalue weighted by Gasteiger charge is 2.28. The second kappa shape index (κ2) is 5.49. The molecule has 0 spiro atoms. The lowest BCUT2D eigenvalue weighted by Gasteiger charge is -2.37. The van der Waals surface area contributed by atoms with Gasteiger partial charge in [-0.05, 0) is 30.2 Å². The largest absolute Gasteiger partial charge is 0.309 e. The molecule has 2 rings (SSSR count). The summed E-state index contributed by atoms with van der Waals surface area (Å²) >= 11 is 0. The van der Waals surface area contributed by atoms with Gasteiger partial charge in [0, 0.05) is 12.6 Å². The topological polar surface area (TPSA) is 12.0 Å². The van der Waals surface area contributed by atoms with E-state index in [1.807, 2.05) is 0 Å². The first-order valence-corrected chi connectivity index (χ1v) is 6.54. The lowest BCUT2D eigenvalue weighted by molar-refractivity contribution is 0.187. The molecule has 1 fully saturated rings. The Hall–Kier alpha value is -0.820. The minimum Gasteiger partial charge on any atom is -0.309 e. The fraction of sp³-hybridized carbons (Fsp3) is 0.600. The molecule has 0 amide bonds. The Bertz CT molecular complexity index is 300. The molecule has 0 aliphatic heterocycles. The van der Waals surface area contributed by atoms with E-state index in [4.69, 9.17) is 0 Å². The van der Waals surface area contributed by atoms with Crippen LogP contribution in [0.15, 0.2) is 30.3 Å². The number of hydrogen-bond donors (Lipinski definition) is 1. The number of rotatable bonds is 5. The van der Waals surface area contributed by atoms with Crippen LogP contribution in [0, 0.1) is 11.8 Å². The molecule has 1 unspecified atom stereocenters. The van der Waals surface area contributed by atoms with Crippen LogP contribution < -0.4 is 5.32 Å². The molecule has 1 aromatic rings. The van der Waals surface area contributed by atoms with Gasteiger partial charge in [-0.3, -0.25) is 0 Å². The summed E-state index contributed by atoms with van der Waals surface area (Å²) in [6.07, 6.45) is 4.27. The van der Waals surface area contributed by atoms with Crippen molar-refractivity contribution in [1.29, 1.82) is 0 Å². The van der Waals surface area contributed by atoms with Gasteiger partial charge in [0.2, 0.25) is 0 Å². The molecule has 1 saturated carbocycles. The van der Waals surface area contributed by atoms with E-state index >= 15 is 0 Å². The van der Waals surface area contributed by atoms with Crippen LogP contribution in [0.1, 0.15) is 38.7 Å². The van der Waals surface area contributed by atoms with Crippen LogP contribution in [0.3, 0.4) is 0 Å². The Kier molecular flexibility index (Phi) is 4.00. The second-order valence-corrected chi connectivity index (χ2v) is 5.33. The van der Waals surface area contributed by atoms with Crippen molar-refractivity contribution in [3.8, 4) is 0 Å². The maximum atomic E-state index is 3.74. The second-order valence-electron chi connectivity index (χ2n) is 5.33. The zero-order valence-corrected chi connectivity index (χ0v) is 10.4. The highest BCUT2D eigenvalue weighted by molar-refractivity contribution is 5.14. The van der Waals surface area contributed by atoms with Crippen molar-refractivity contribution in [3.05, 3.63) is 35.9 Å². The summed E-state index contributed by atoms with van der Waals surface area (Å²) in [4.78, 5) is 0. The van der Waals surface area contributed by atoms with Crippen molar-refractivity contribution in [2.24, 2.45) is 11.8 Å². The molecule has 0 aromatic heterocycles. The quantitative estimate of drug-likeness (QED) is 0.794. The zero-order chi connectivity index (χ0) is 11.4. The SMILES string of the molecule is CC(C)C(NCc1ccccc1)C1CCC1. The lowest BCUT2D eigenvalue weighted by Crippen LogP contribution is -2.42. The zero-order valence-electron chi connectivity index (χ0n) is 10.4. The predicted octanol–water partition coefficient (Wildman–Crippen LogP) is 3.60. The van der Waals surface area contributed by atoms with Crippen molar-refractivity contribution in [1.82, 2.24) is 5.32 Å². The molecule has 1 atom stereocenters. The molecule has 0 bridgehead atoms. The van der Waals surface area contributed by atoms with Gasteiger partial charge >= 0.3 is 0 Å². The smallest absolute Gasteiger partial charge is 0.0208 e. The fourth-order valence-electron chi connectivity index (χ4n) is 2.58. The monoisotopic (exact) mass is 217 g/mol. The van der Waals surface area contributed by atoms with Gasteiger partial charge in [-0.25, -0.2) is 0 Å². The Morgan fingerprint density at radius 1 is 1.19 bits per heavy atom. The van der Waals surface area contributed by atoms with Crippen molar-refractivity contribution in [2.75, 3.05) is 0 Å². The third-order valence-corrected chi connectivity index (χ3v) is 3.76. The maximum absolute atomic E-state index is 3.74. The Morgan fingerprint density at radius 2 is 1.88 bits per heavy atom. The first kappa shape index (κ1) is 11.7. The summed E-state index contributed by atoms with van der Waals surface area (Å²) in [5.74, 6) is 1.66. The molecule has 1 aromatic carbocycles. The third kappa shape index (κ3) is 2.85. The summed E-state index contributed by atoms with van der Waals surface area (Å²) < 4.78 is 0. The van der Waals surface area contributed by atoms with Gasteiger partial charge in [-0.15, -0.1) is 0 Å². The van der Waals surface area contributed by atoms with Crippen molar-refractivity contribution in [3.63, 3.8) is 0 Å². The van der Waals surface area contributed by atoms with Crippen LogP contribution in [0.5, 0.6) is 0 Å². The first-order valence-electron chi connectivity index (χ1n) is 6.54. The van der Waals surface area contributed by atoms with E-state index in [0.29, 0.717) is 6.04 Å². The Morgan fingerprint density at radius 3 is 2.38 bits per heavy atom. The van der Waals surface area contributed by atoms with Gasteiger partial charge in [0.15, 0.2) is 0 Å². The minimum absolute atomic E-state index is 0.703. The normalized spacial score (nSPS) is 18.4. The van der Waals surface area contributed by atoms with Crippen molar-refractivity contribution >= 4 is 0 Å². The van der Waals surface area contributed by atoms with E-state index < -0.39 is 0 Å². The molecular formula is C15H23N. The van der Waals surface area contributed by atoms with Crippen LogP contribution in [0.25, 0.3) is 0 Å². The molecule has 88 valence electrons. The first-order chi connectivity index (χ1) is 7.77. The van der Waals surface area contributed by atoms with E-state index in [-0.39, 0.29) is 0 Å². The van der Waals surface area contributed by atoms with Crippen LogP contribution in [0.2, 0.25) is 0 Å². The van der Waals surface area contributed by atoms with Crippen LogP contribution in [-0.4, -0.2) is 6.04 Å². The molecule has 0 radical (unpaired) electrons. The van der Waals surface area contributed by atoms with E-state index in [2.05, 4.69) is 49.5 Å². The summed E-state index contributed by atoms with van der Waals surface area (Å²) in [5.41, 5.74) is 1.40. The number of nitrogens with one attached hydrogen (secondary N) is 1. The van der Waals surface area contributed by atoms with E-state index in [1.54, 1.807) is 0 Å². The standard InChI is InChI=1S/C15H23N/c1-12(2)15(14-9-6-10-14)16-11-13-7-4-3-5-8-13/h3-5,7-8,12,14-16H,6,9-11H2,1-2H3. The van der Waals surface area contributed by atoms with Crippen molar-refractivity contribution in [2.45, 2.75) is 45.7 Å². The average Bonchev–Trinajstić information content (AvgIpc) is 2.22. The molecule has 1 nitrogen and oxygen atoms in total. The van der Waals surface area contributed by atoms with Crippen LogP contribution in [0.4, 0.5) is 0 Å². The van der Waals surface area contributed by atoms with Crippen molar-refractivity contribution < 1.29 is 0 Å². The van der Waals surface area contributed by atoms with Crippen LogP contribution in [-0.2, 0) is 6.54 Å². The molecule has 16 heavy (non-hydrogen) atoms. The van der Waals surface area contributed by atoms with Gasteiger partial charge in [-0.1, -0.05) is 50.6 Å². The lowest BCUT2D eigenvalue weighted by atomic mass is 9.76. The third-order valence-electron chi connectivity index (χ3n) is 3.76. The average molecular weight is 217 g/mol. The maximum Gasteiger partial charge on any atom is 0.0208 e. The molecule has 0 saturated heterocycles. The highest BCUT2D eigenvalue weighted by Crippen LogP contribution is 2.32. The fourth-order valence-corrected chi connectivity index (χ4v) is 2.58. The predicted molar refractivity (Wildman–Crippen MR) is 69.2 cm³/mol. The van der Waals surface area contributed by atoms with Gasteiger partial charge in [0.25, 0.3) is 0 Å². The van der Waals surface area contributed by atoms with E-state index in [1.165, 1.54) is 24.8 Å². The van der Waals surface area contributed by atoms with E-state index in [0.717, 1.165) is 18.4 Å². The Labute approximate surface area is 99.3 Å². The number of hydrogen-bond acceptors (Lipinski definition) is 1. The van der Waals surface area contributed by atoms with Gasteiger partial charge in [0.1, 0.15) is 0 Å².